The highest BCUT2D eigenvalue weighted by atomic mass is 31.2. The van der Waals surface area contributed by atoms with Gasteiger partial charge >= 0.3 is 39.5 Å². The quantitative estimate of drug-likeness (QED) is 0.0222. The number of hydrogen-bond donors (Lipinski definition) is 3. The molecule has 0 saturated heterocycles. The van der Waals surface area contributed by atoms with Crippen molar-refractivity contribution >= 4 is 39.5 Å². The number of hydrogen-bond acceptors (Lipinski definition) is 15. The lowest BCUT2D eigenvalue weighted by atomic mass is 9.99. The summed E-state index contributed by atoms with van der Waals surface area (Å²) in [7, 11) is -9.88. The summed E-state index contributed by atoms with van der Waals surface area (Å²) in [5.41, 5.74) is 0. The maximum atomic E-state index is 13.0. The van der Waals surface area contributed by atoms with Crippen molar-refractivity contribution in [3.05, 3.63) is 0 Å². The molecule has 480 valence electrons. The Morgan fingerprint density at radius 1 is 0.358 bits per heavy atom. The van der Waals surface area contributed by atoms with Crippen LogP contribution in [0.15, 0.2) is 0 Å². The van der Waals surface area contributed by atoms with E-state index < -0.39 is 97.5 Å². The predicted octanol–water partition coefficient (Wildman–Crippen LogP) is 16.9. The van der Waals surface area contributed by atoms with Gasteiger partial charge in [0.1, 0.15) is 19.3 Å². The average Bonchev–Trinajstić information content (AvgIpc) is 3.43. The molecule has 0 aromatic rings. The van der Waals surface area contributed by atoms with Crippen LogP contribution in [0.4, 0.5) is 0 Å². The molecule has 0 saturated carbocycles. The minimum atomic E-state index is -4.94. The molecule has 0 spiro atoms. The third kappa shape index (κ3) is 55.7. The van der Waals surface area contributed by atoms with Gasteiger partial charge in [-0.05, 0) is 37.5 Å². The standard InChI is InChI=1S/C62H120O17P2/c1-7-10-12-14-16-27-34-40-46-61(66)78-57(50-72-59(64)44-38-32-24-15-13-11-8-2)52-76-80(68,69)74-48-56(63)49-75-81(70,71)77-53-58(51-73-60(65)45-39-33-28-23-19-20-25-30-36-42-54(4)5)79-62(67)47-41-35-29-22-18-17-21-26-31-37-43-55(6)9-3/h54-58,63H,7-53H2,1-6H3,(H,68,69)(H,70,71)/t55?,56-,57+,58+/m0/s1. The minimum Gasteiger partial charge on any atom is -0.462 e. The van der Waals surface area contributed by atoms with Crippen molar-refractivity contribution in [1.29, 1.82) is 0 Å². The van der Waals surface area contributed by atoms with Gasteiger partial charge in [0.15, 0.2) is 12.2 Å². The molecule has 0 amide bonds. The van der Waals surface area contributed by atoms with Gasteiger partial charge in [-0.2, -0.15) is 0 Å². The summed E-state index contributed by atoms with van der Waals surface area (Å²) >= 11 is 0. The fraction of sp³-hybridized carbons (Fsp3) is 0.935. The molecule has 0 aromatic heterocycles. The van der Waals surface area contributed by atoms with Crippen LogP contribution in [-0.4, -0.2) is 96.7 Å². The molecule has 0 radical (unpaired) electrons. The first-order valence-electron chi connectivity index (χ1n) is 32.5. The van der Waals surface area contributed by atoms with Crippen LogP contribution in [0.1, 0.15) is 305 Å². The summed E-state index contributed by atoms with van der Waals surface area (Å²) in [5.74, 6) is -0.596. The van der Waals surface area contributed by atoms with E-state index in [2.05, 4.69) is 41.5 Å². The Bertz CT molecular complexity index is 1600. The number of esters is 4. The largest absolute Gasteiger partial charge is 0.472 e. The van der Waals surface area contributed by atoms with E-state index in [0.29, 0.717) is 25.7 Å². The second kappa shape index (κ2) is 54.7. The van der Waals surface area contributed by atoms with Crippen LogP contribution >= 0.6 is 15.6 Å². The van der Waals surface area contributed by atoms with E-state index in [0.717, 1.165) is 121 Å². The van der Waals surface area contributed by atoms with E-state index in [-0.39, 0.29) is 25.7 Å². The number of unbranched alkanes of at least 4 members (excludes halogenated alkanes) is 30. The van der Waals surface area contributed by atoms with E-state index in [1.807, 2.05) is 0 Å². The first kappa shape index (κ1) is 79.1. The molecule has 0 aliphatic heterocycles. The van der Waals surface area contributed by atoms with Gasteiger partial charge in [0.05, 0.1) is 26.4 Å². The summed E-state index contributed by atoms with van der Waals surface area (Å²) in [6, 6.07) is 0. The topological polar surface area (TPSA) is 237 Å². The summed E-state index contributed by atoms with van der Waals surface area (Å²) in [6.45, 7) is 9.42. The van der Waals surface area contributed by atoms with Gasteiger partial charge < -0.3 is 33.8 Å². The Labute approximate surface area is 492 Å². The molecule has 0 bridgehead atoms. The fourth-order valence-electron chi connectivity index (χ4n) is 9.15. The zero-order chi connectivity index (χ0) is 60.1. The maximum absolute atomic E-state index is 13.0. The smallest absolute Gasteiger partial charge is 0.462 e. The summed E-state index contributed by atoms with van der Waals surface area (Å²) in [5, 5.41) is 10.5. The first-order valence-corrected chi connectivity index (χ1v) is 35.5. The molecule has 0 aliphatic rings. The molecule has 0 fully saturated rings. The SMILES string of the molecule is CCCCCCCCCCC(=O)O[C@H](COC(=O)CCCCCCCCC)COP(=O)(O)OC[C@H](O)COP(=O)(O)OC[C@@H](COC(=O)CCCCCCCCCCCC(C)C)OC(=O)CCCCCCCCCCCCC(C)CC. The Balaban J connectivity index is 5.21. The Hall–Kier alpha value is -1.94. The fourth-order valence-corrected chi connectivity index (χ4v) is 10.7. The summed E-state index contributed by atoms with van der Waals surface area (Å²) in [4.78, 5) is 71.9. The van der Waals surface area contributed by atoms with Gasteiger partial charge in [0, 0.05) is 25.7 Å². The number of carbonyl (C=O) groups excluding carboxylic acids is 4. The zero-order valence-corrected chi connectivity index (χ0v) is 53.9. The highest BCUT2D eigenvalue weighted by Crippen LogP contribution is 2.45. The molecule has 3 unspecified atom stereocenters. The molecule has 0 heterocycles. The van der Waals surface area contributed by atoms with E-state index in [1.165, 1.54) is 103 Å². The molecule has 81 heavy (non-hydrogen) atoms. The van der Waals surface area contributed by atoms with E-state index in [4.69, 9.17) is 37.0 Å². The van der Waals surface area contributed by atoms with Crippen LogP contribution < -0.4 is 0 Å². The monoisotopic (exact) mass is 1200 g/mol. The summed E-state index contributed by atoms with van der Waals surface area (Å²) in [6.07, 6.45) is 36.3. The number of phosphoric ester groups is 2. The number of ether oxygens (including phenoxy) is 4. The zero-order valence-electron chi connectivity index (χ0n) is 52.1. The normalized spacial score (nSPS) is 14.7. The van der Waals surface area contributed by atoms with Crippen molar-refractivity contribution < 1.29 is 80.2 Å². The van der Waals surface area contributed by atoms with Crippen molar-refractivity contribution in [1.82, 2.24) is 0 Å². The number of aliphatic hydroxyl groups is 1. The van der Waals surface area contributed by atoms with E-state index in [1.54, 1.807) is 0 Å². The average molecular weight is 1200 g/mol. The van der Waals surface area contributed by atoms with Crippen LogP contribution in [-0.2, 0) is 65.4 Å². The highest BCUT2D eigenvalue weighted by molar-refractivity contribution is 7.47. The van der Waals surface area contributed by atoms with Crippen LogP contribution in [0.5, 0.6) is 0 Å². The molecule has 19 heteroatoms. The lowest BCUT2D eigenvalue weighted by Gasteiger charge is -2.21. The second-order valence-electron chi connectivity index (χ2n) is 23.2. The van der Waals surface area contributed by atoms with Crippen molar-refractivity contribution in [3.63, 3.8) is 0 Å². The van der Waals surface area contributed by atoms with Crippen molar-refractivity contribution in [2.24, 2.45) is 11.8 Å². The molecule has 17 nitrogen and oxygen atoms in total. The third-order valence-corrected chi connectivity index (χ3v) is 16.5. The third-order valence-electron chi connectivity index (χ3n) is 14.6. The van der Waals surface area contributed by atoms with E-state index in [9.17, 15) is 43.2 Å². The van der Waals surface area contributed by atoms with Gasteiger partial charge in [0.2, 0.25) is 0 Å². The van der Waals surface area contributed by atoms with Gasteiger partial charge in [-0.15, -0.1) is 0 Å². The van der Waals surface area contributed by atoms with Crippen molar-refractivity contribution in [2.75, 3.05) is 39.6 Å². The highest BCUT2D eigenvalue weighted by Gasteiger charge is 2.30. The van der Waals surface area contributed by atoms with Gasteiger partial charge in [-0.1, -0.05) is 253 Å². The molecule has 3 N–H and O–H groups in total. The Morgan fingerprint density at radius 3 is 0.938 bits per heavy atom. The van der Waals surface area contributed by atoms with Crippen molar-refractivity contribution in [2.45, 2.75) is 323 Å². The molecular formula is C62H120O17P2. The van der Waals surface area contributed by atoms with Gasteiger partial charge in [-0.3, -0.25) is 37.3 Å². The van der Waals surface area contributed by atoms with Gasteiger partial charge in [0.25, 0.3) is 0 Å². The van der Waals surface area contributed by atoms with Crippen LogP contribution in [0.25, 0.3) is 0 Å². The summed E-state index contributed by atoms with van der Waals surface area (Å²) < 4.78 is 67.8. The lowest BCUT2D eigenvalue weighted by Crippen LogP contribution is -2.30. The Kier molecular flexibility index (Phi) is 53.4. The number of phosphoric acid groups is 2. The van der Waals surface area contributed by atoms with Crippen LogP contribution in [0.2, 0.25) is 0 Å². The molecule has 6 atom stereocenters. The number of rotatable bonds is 61. The lowest BCUT2D eigenvalue weighted by molar-refractivity contribution is -0.161. The Morgan fingerprint density at radius 2 is 0.630 bits per heavy atom. The minimum absolute atomic E-state index is 0.104. The number of aliphatic hydroxyl groups excluding tert-OH is 1. The molecule has 0 rings (SSSR count). The maximum Gasteiger partial charge on any atom is 0.472 e. The van der Waals surface area contributed by atoms with E-state index >= 15 is 0 Å². The predicted molar refractivity (Wildman–Crippen MR) is 321 cm³/mol. The molecule has 0 aromatic carbocycles. The molecule has 0 aliphatic carbocycles. The van der Waals surface area contributed by atoms with Gasteiger partial charge in [-0.25, -0.2) is 9.13 Å². The van der Waals surface area contributed by atoms with Crippen molar-refractivity contribution in [3.8, 4) is 0 Å². The van der Waals surface area contributed by atoms with Crippen LogP contribution in [0.3, 0.4) is 0 Å². The number of carbonyl (C=O) groups is 4. The van der Waals surface area contributed by atoms with Crippen LogP contribution in [0, 0.1) is 11.8 Å². The second-order valence-corrected chi connectivity index (χ2v) is 26.1. The first-order chi connectivity index (χ1) is 38.9. The molecular weight excluding hydrogens is 1080 g/mol.